The number of esters is 1. The van der Waals surface area contributed by atoms with E-state index in [9.17, 15) is 4.79 Å². The lowest BCUT2D eigenvalue weighted by atomic mass is 10.1. The largest absolute Gasteiger partial charge is 0.493 e. The molecular weight excluding hydrogens is 386 g/mol. The van der Waals surface area contributed by atoms with Crippen molar-refractivity contribution in [2.24, 2.45) is 0 Å². The third-order valence-corrected chi connectivity index (χ3v) is 4.01. The van der Waals surface area contributed by atoms with Gasteiger partial charge in [0.1, 0.15) is 11.6 Å². The summed E-state index contributed by atoms with van der Waals surface area (Å²) in [6.45, 7) is 4.68. The molecule has 0 amide bonds. The van der Waals surface area contributed by atoms with Crippen LogP contribution in [0, 0.1) is 11.3 Å². The number of hydrogen-bond donors (Lipinski definition) is 0. The molecule has 1 aromatic carbocycles. The molecule has 0 aliphatic heterocycles. The number of ether oxygens (including phenoxy) is 3. The van der Waals surface area contributed by atoms with Gasteiger partial charge >= 0.3 is 5.97 Å². The predicted octanol–water partition coefficient (Wildman–Crippen LogP) is 4.89. The molecule has 0 atom stereocenters. The molecule has 25 heavy (non-hydrogen) atoms. The molecule has 0 heterocycles. The highest BCUT2D eigenvalue weighted by atomic mass is 79.9. The molecule has 0 aliphatic carbocycles. The maximum atomic E-state index is 11.7. The lowest BCUT2D eigenvalue weighted by molar-refractivity contribution is -0.137. The van der Waals surface area contributed by atoms with Crippen LogP contribution in [0.25, 0.3) is 6.08 Å². The Kier molecular flexibility index (Phi) is 9.71. The first-order valence-corrected chi connectivity index (χ1v) is 9.15. The van der Waals surface area contributed by atoms with Gasteiger partial charge in [-0.2, -0.15) is 5.26 Å². The van der Waals surface area contributed by atoms with E-state index in [1.807, 2.05) is 6.07 Å². The SMILES string of the molecule is CCCCCCOc1c(Br)cc(/C=C(\C#N)C(=O)OCC)cc1OC. The van der Waals surface area contributed by atoms with E-state index in [1.54, 1.807) is 26.2 Å². The van der Waals surface area contributed by atoms with E-state index in [4.69, 9.17) is 19.5 Å². The molecule has 0 fully saturated rings. The second-order valence-electron chi connectivity index (χ2n) is 5.33. The topological polar surface area (TPSA) is 68.5 Å². The lowest BCUT2D eigenvalue weighted by Crippen LogP contribution is -2.06. The quantitative estimate of drug-likeness (QED) is 0.238. The van der Waals surface area contributed by atoms with E-state index in [-0.39, 0.29) is 12.2 Å². The average Bonchev–Trinajstić information content (AvgIpc) is 2.60. The molecule has 0 aromatic heterocycles. The number of halogens is 1. The Bertz CT molecular complexity index is 650. The van der Waals surface area contributed by atoms with Crippen LogP contribution in [0.2, 0.25) is 0 Å². The zero-order chi connectivity index (χ0) is 18.7. The maximum Gasteiger partial charge on any atom is 0.348 e. The molecule has 136 valence electrons. The second-order valence-corrected chi connectivity index (χ2v) is 6.19. The summed E-state index contributed by atoms with van der Waals surface area (Å²) in [5.41, 5.74) is 0.579. The Hall–Kier alpha value is -2.00. The highest BCUT2D eigenvalue weighted by molar-refractivity contribution is 9.10. The van der Waals surface area contributed by atoms with Crippen molar-refractivity contribution in [3.8, 4) is 17.6 Å². The molecule has 0 aliphatic rings. The molecule has 0 spiro atoms. The Balaban J connectivity index is 2.97. The zero-order valence-electron chi connectivity index (χ0n) is 14.9. The van der Waals surface area contributed by atoms with Crippen molar-refractivity contribution in [2.75, 3.05) is 20.3 Å². The van der Waals surface area contributed by atoms with Gasteiger partial charge in [-0.25, -0.2) is 4.79 Å². The number of carbonyl (C=O) groups excluding carboxylic acids is 1. The zero-order valence-corrected chi connectivity index (χ0v) is 16.5. The van der Waals surface area contributed by atoms with Gasteiger partial charge in [0.05, 0.1) is 24.8 Å². The van der Waals surface area contributed by atoms with Crippen LogP contribution in [0.5, 0.6) is 11.5 Å². The molecular formula is C19H24BrNO4. The number of benzene rings is 1. The number of unbranched alkanes of at least 4 members (excludes halogenated alkanes) is 3. The average molecular weight is 410 g/mol. The first-order chi connectivity index (χ1) is 12.1. The molecule has 0 radical (unpaired) electrons. The smallest absolute Gasteiger partial charge is 0.348 e. The summed E-state index contributed by atoms with van der Waals surface area (Å²) in [5, 5.41) is 9.13. The van der Waals surface area contributed by atoms with Crippen LogP contribution in [-0.2, 0) is 9.53 Å². The van der Waals surface area contributed by atoms with Crippen molar-refractivity contribution in [2.45, 2.75) is 39.5 Å². The van der Waals surface area contributed by atoms with Crippen molar-refractivity contribution in [1.29, 1.82) is 5.26 Å². The normalized spacial score (nSPS) is 10.9. The summed E-state index contributed by atoms with van der Waals surface area (Å²) in [4.78, 5) is 11.7. The fourth-order valence-corrected chi connectivity index (χ4v) is 2.75. The summed E-state index contributed by atoms with van der Waals surface area (Å²) in [6, 6.07) is 5.36. The minimum absolute atomic E-state index is 0.0657. The van der Waals surface area contributed by atoms with Crippen molar-refractivity contribution in [3.63, 3.8) is 0 Å². The van der Waals surface area contributed by atoms with E-state index >= 15 is 0 Å². The van der Waals surface area contributed by atoms with E-state index in [0.717, 1.165) is 12.8 Å². The summed E-state index contributed by atoms with van der Waals surface area (Å²) in [5.74, 6) is 0.513. The van der Waals surface area contributed by atoms with Crippen molar-refractivity contribution < 1.29 is 19.0 Å². The summed E-state index contributed by atoms with van der Waals surface area (Å²) in [7, 11) is 1.55. The number of methoxy groups -OCH3 is 1. The van der Waals surface area contributed by atoms with Gasteiger partial charge < -0.3 is 14.2 Å². The van der Waals surface area contributed by atoms with Crippen LogP contribution >= 0.6 is 15.9 Å². The van der Waals surface area contributed by atoms with Crippen molar-refractivity contribution in [1.82, 2.24) is 0 Å². The summed E-state index contributed by atoms with van der Waals surface area (Å²) in [6.07, 6.45) is 5.94. The molecule has 0 saturated heterocycles. The number of nitrogens with zero attached hydrogens (tertiary/aromatic N) is 1. The van der Waals surface area contributed by atoms with Gasteiger partial charge in [-0.05, 0) is 53.0 Å². The first kappa shape index (κ1) is 21.0. The van der Waals surface area contributed by atoms with E-state index in [1.165, 1.54) is 18.9 Å². The van der Waals surface area contributed by atoms with E-state index in [0.29, 0.717) is 28.1 Å². The Morgan fingerprint density at radius 1 is 1.28 bits per heavy atom. The molecule has 1 aromatic rings. The van der Waals surface area contributed by atoms with Gasteiger partial charge in [0.2, 0.25) is 0 Å². The van der Waals surface area contributed by atoms with Gasteiger partial charge in [-0.3, -0.25) is 0 Å². The van der Waals surface area contributed by atoms with Crippen molar-refractivity contribution >= 4 is 28.0 Å². The molecule has 0 N–H and O–H groups in total. The van der Waals surface area contributed by atoms with Crippen LogP contribution < -0.4 is 9.47 Å². The Morgan fingerprint density at radius 2 is 2.04 bits per heavy atom. The maximum absolute atomic E-state index is 11.7. The van der Waals surface area contributed by atoms with Gasteiger partial charge in [-0.1, -0.05) is 26.2 Å². The minimum Gasteiger partial charge on any atom is -0.493 e. The Labute approximate surface area is 157 Å². The van der Waals surface area contributed by atoms with Gasteiger partial charge in [0.25, 0.3) is 0 Å². The Morgan fingerprint density at radius 3 is 2.64 bits per heavy atom. The highest BCUT2D eigenvalue weighted by Gasteiger charge is 2.14. The van der Waals surface area contributed by atoms with Crippen LogP contribution in [0.4, 0.5) is 0 Å². The second kappa shape index (κ2) is 11.5. The van der Waals surface area contributed by atoms with Crippen molar-refractivity contribution in [3.05, 3.63) is 27.7 Å². The fourth-order valence-electron chi connectivity index (χ4n) is 2.18. The van der Waals surface area contributed by atoms with E-state index < -0.39 is 5.97 Å². The minimum atomic E-state index is -0.642. The molecule has 0 unspecified atom stereocenters. The molecule has 0 bridgehead atoms. The highest BCUT2D eigenvalue weighted by Crippen LogP contribution is 2.37. The van der Waals surface area contributed by atoms with Crippen LogP contribution in [0.15, 0.2) is 22.2 Å². The van der Waals surface area contributed by atoms with Gasteiger partial charge in [0.15, 0.2) is 11.5 Å². The molecule has 5 nitrogen and oxygen atoms in total. The molecule has 0 saturated carbocycles. The van der Waals surface area contributed by atoms with Gasteiger partial charge in [-0.15, -0.1) is 0 Å². The van der Waals surface area contributed by atoms with Crippen LogP contribution in [0.3, 0.4) is 0 Å². The number of carbonyl (C=O) groups is 1. The van der Waals surface area contributed by atoms with Crippen LogP contribution in [0.1, 0.15) is 45.1 Å². The molecule has 1 rings (SSSR count). The fraction of sp³-hybridized carbons (Fsp3) is 0.474. The molecule has 6 heteroatoms. The standard InChI is InChI=1S/C19H24BrNO4/c1-4-6-7-8-9-25-18-16(20)11-14(12-17(18)23-3)10-15(13-21)19(22)24-5-2/h10-12H,4-9H2,1-3H3/b15-10+. The summed E-state index contributed by atoms with van der Waals surface area (Å²) >= 11 is 3.47. The monoisotopic (exact) mass is 409 g/mol. The third kappa shape index (κ3) is 6.79. The van der Waals surface area contributed by atoms with E-state index in [2.05, 4.69) is 22.9 Å². The van der Waals surface area contributed by atoms with Crippen LogP contribution in [-0.4, -0.2) is 26.3 Å². The first-order valence-electron chi connectivity index (χ1n) is 8.36. The number of nitriles is 1. The van der Waals surface area contributed by atoms with Gasteiger partial charge in [0, 0.05) is 0 Å². The predicted molar refractivity (Wildman–Crippen MR) is 101 cm³/mol. The third-order valence-electron chi connectivity index (χ3n) is 3.42. The summed E-state index contributed by atoms with van der Waals surface area (Å²) < 4.78 is 16.8. The number of hydrogen-bond acceptors (Lipinski definition) is 5. The number of rotatable bonds is 10. The lowest BCUT2D eigenvalue weighted by Gasteiger charge is -2.13.